The second-order valence-electron chi connectivity index (χ2n) is 8.11. The van der Waals surface area contributed by atoms with E-state index in [1.165, 1.54) is 4.90 Å². The molecule has 1 saturated heterocycles. The Kier molecular flexibility index (Phi) is 5.75. The molecule has 1 aliphatic heterocycles. The summed E-state index contributed by atoms with van der Waals surface area (Å²) in [5, 5.41) is 3.55. The van der Waals surface area contributed by atoms with E-state index in [1.807, 2.05) is 39.0 Å². The summed E-state index contributed by atoms with van der Waals surface area (Å²) in [7, 11) is 0. The molecule has 1 atom stereocenters. The number of hydrogen-bond donors (Lipinski definition) is 1. The van der Waals surface area contributed by atoms with Crippen molar-refractivity contribution in [1.82, 2.24) is 19.9 Å². The number of rotatable bonds is 3. The van der Waals surface area contributed by atoms with Crippen molar-refractivity contribution in [2.45, 2.75) is 39.8 Å². The van der Waals surface area contributed by atoms with Crippen molar-refractivity contribution in [3.05, 3.63) is 47.5 Å². The summed E-state index contributed by atoms with van der Waals surface area (Å²) in [6, 6.07) is 6.88. The van der Waals surface area contributed by atoms with Crippen LogP contribution in [-0.4, -0.2) is 45.1 Å². The van der Waals surface area contributed by atoms with Gasteiger partial charge in [-0.05, 0) is 49.6 Å². The lowest BCUT2D eigenvalue weighted by molar-refractivity contribution is -0.169. The van der Waals surface area contributed by atoms with Gasteiger partial charge in [-0.2, -0.15) is 13.2 Å². The highest BCUT2D eigenvalue weighted by Crippen LogP contribution is 2.34. The van der Waals surface area contributed by atoms with Gasteiger partial charge >= 0.3 is 12.2 Å². The second kappa shape index (κ2) is 8.37. The molecule has 32 heavy (non-hydrogen) atoms. The molecule has 3 aromatic rings. The average Bonchev–Trinajstić information content (AvgIpc) is 3.25. The SMILES string of the molecule is CCc1ncc2cc(-c3cc(NC(=O)N4CCC(C(F)(F)F)C4)ccc3C)c(C)nc2n1. The van der Waals surface area contributed by atoms with Crippen molar-refractivity contribution in [3.63, 3.8) is 0 Å². The van der Waals surface area contributed by atoms with Gasteiger partial charge in [-0.3, -0.25) is 0 Å². The number of halogens is 3. The number of fused-ring (bicyclic) bond motifs is 1. The number of benzene rings is 1. The van der Waals surface area contributed by atoms with Crippen molar-refractivity contribution in [3.8, 4) is 11.1 Å². The van der Waals surface area contributed by atoms with Gasteiger partial charge in [-0.15, -0.1) is 0 Å². The van der Waals surface area contributed by atoms with E-state index < -0.39 is 18.1 Å². The van der Waals surface area contributed by atoms with E-state index >= 15 is 0 Å². The number of pyridine rings is 1. The predicted molar refractivity (Wildman–Crippen MR) is 116 cm³/mol. The molecule has 2 aromatic heterocycles. The Hall–Kier alpha value is -3.23. The molecule has 3 heterocycles. The van der Waals surface area contributed by atoms with Gasteiger partial charge in [-0.1, -0.05) is 13.0 Å². The summed E-state index contributed by atoms with van der Waals surface area (Å²) in [4.78, 5) is 27.2. The zero-order valence-electron chi connectivity index (χ0n) is 18.1. The number of anilines is 1. The molecule has 0 radical (unpaired) electrons. The number of nitrogens with zero attached hydrogens (tertiary/aromatic N) is 4. The zero-order valence-corrected chi connectivity index (χ0v) is 18.1. The lowest BCUT2D eigenvalue weighted by Gasteiger charge is -2.19. The molecule has 6 nitrogen and oxygen atoms in total. The van der Waals surface area contributed by atoms with E-state index in [0.717, 1.165) is 40.0 Å². The Balaban J connectivity index is 1.59. The quantitative estimate of drug-likeness (QED) is 0.597. The van der Waals surface area contributed by atoms with Crippen LogP contribution in [-0.2, 0) is 6.42 Å². The number of likely N-dealkylation sites (tertiary alicyclic amines) is 1. The third-order valence-corrected chi connectivity index (χ3v) is 5.84. The van der Waals surface area contributed by atoms with E-state index in [1.54, 1.807) is 12.3 Å². The number of aryl methyl sites for hydroxylation is 3. The number of amides is 2. The minimum Gasteiger partial charge on any atom is -0.324 e. The Morgan fingerprint density at radius 3 is 2.66 bits per heavy atom. The molecule has 0 bridgehead atoms. The molecule has 9 heteroatoms. The number of carbonyl (C=O) groups is 1. The van der Waals surface area contributed by atoms with Crippen LogP contribution in [0.15, 0.2) is 30.5 Å². The largest absolute Gasteiger partial charge is 0.393 e. The van der Waals surface area contributed by atoms with Crippen molar-refractivity contribution in [2.24, 2.45) is 5.92 Å². The summed E-state index contributed by atoms with van der Waals surface area (Å²) in [5.74, 6) is -0.740. The maximum absolute atomic E-state index is 12.9. The minimum absolute atomic E-state index is 0.0696. The third-order valence-electron chi connectivity index (χ3n) is 5.84. The number of alkyl halides is 3. The monoisotopic (exact) mass is 443 g/mol. The molecular formula is C23H24F3N5O. The molecule has 1 unspecified atom stereocenters. The molecule has 4 rings (SSSR count). The van der Waals surface area contributed by atoms with Gasteiger partial charge in [0.2, 0.25) is 0 Å². The van der Waals surface area contributed by atoms with Crippen LogP contribution in [0.5, 0.6) is 0 Å². The lowest BCUT2D eigenvalue weighted by Crippen LogP contribution is -2.35. The van der Waals surface area contributed by atoms with Gasteiger partial charge in [0.25, 0.3) is 0 Å². The highest BCUT2D eigenvalue weighted by atomic mass is 19.4. The van der Waals surface area contributed by atoms with E-state index in [0.29, 0.717) is 11.3 Å². The second-order valence-corrected chi connectivity index (χ2v) is 8.11. The molecule has 1 N–H and O–H groups in total. The Bertz CT molecular complexity index is 1180. The van der Waals surface area contributed by atoms with Crippen LogP contribution < -0.4 is 5.32 Å². The molecule has 0 saturated carbocycles. The molecule has 0 aliphatic carbocycles. The fourth-order valence-electron chi connectivity index (χ4n) is 3.94. The molecule has 1 fully saturated rings. The van der Waals surface area contributed by atoms with Crippen LogP contribution >= 0.6 is 0 Å². The summed E-state index contributed by atoms with van der Waals surface area (Å²) in [6.07, 6.45) is -1.88. The number of hydrogen-bond acceptors (Lipinski definition) is 4. The van der Waals surface area contributed by atoms with Crippen LogP contribution in [0, 0.1) is 19.8 Å². The predicted octanol–water partition coefficient (Wildman–Crippen LogP) is 5.29. The van der Waals surface area contributed by atoms with Crippen molar-refractivity contribution in [2.75, 3.05) is 18.4 Å². The maximum atomic E-state index is 12.9. The summed E-state index contributed by atoms with van der Waals surface area (Å²) in [5.41, 5.74) is 4.69. The number of nitrogens with one attached hydrogen (secondary N) is 1. The average molecular weight is 443 g/mol. The van der Waals surface area contributed by atoms with Crippen LogP contribution in [0.4, 0.5) is 23.7 Å². The van der Waals surface area contributed by atoms with Crippen LogP contribution in [0.25, 0.3) is 22.2 Å². The van der Waals surface area contributed by atoms with Crippen molar-refractivity contribution < 1.29 is 18.0 Å². The first kappa shape index (κ1) is 22.0. The summed E-state index contributed by atoms with van der Waals surface area (Å²) >= 11 is 0. The normalized spacial score (nSPS) is 16.6. The molecule has 2 amide bonds. The molecule has 0 spiro atoms. The zero-order chi connectivity index (χ0) is 23.0. The van der Waals surface area contributed by atoms with Gasteiger partial charge in [0.05, 0.1) is 5.92 Å². The number of aromatic nitrogens is 3. The smallest absolute Gasteiger partial charge is 0.324 e. The first-order valence-corrected chi connectivity index (χ1v) is 10.5. The van der Waals surface area contributed by atoms with E-state index in [-0.39, 0.29) is 19.5 Å². The van der Waals surface area contributed by atoms with Gasteiger partial charge in [0.15, 0.2) is 5.65 Å². The van der Waals surface area contributed by atoms with E-state index in [4.69, 9.17) is 0 Å². The Morgan fingerprint density at radius 2 is 1.97 bits per heavy atom. The fraction of sp³-hybridized carbons (Fsp3) is 0.391. The van der Waals surface area contributed by atoms with E-state index in [9.17, 15) is 18.0 Å². The van der Waals surface area contributed by atoms with Crippen LogP contribution in [0.3, 0.4) is 0 Å². The third kappa shape index (κ3) is 4.37. The molecule has 1 aliphatic rings. The molecule has 1 aromatic carbocycles. The highest BCUT2D eigenvalue weighted by Gasteiger charge is 2.44. The van der Waals surface area contributed by atoms with Gasteiger partial charge < -0.3 is 10.2 Å². The topological polar surface area (TPSA) is 71.0 Å². The van der Waals surface area contributed by atoms with E-state index in [2.05, 4.69) is 20.3 Å². The lowest BCUT2D eigenvalue weighted by atomic mass is 9.98. The molecule has 168 valence electrons. The first-order valence-electron chi connectivity index (χ1n) is 10.5. The Morgan fingerprint density at radius 1 is 1.19 bits per heavy atom. The standard InChI is InChI=1S/C23H24F3N5O/c1-4-20-27-11-15-9-19(14(3)28-21(15)30-20)18-10-17(6-5-13(18)2)29-22(32)31-8-7-16(12-31)23(24,25)26/h5-6,9-11,16H,4,7-8,12H2,1-3H3,(H,29,32). The maximum Gasteiger partial charge on any atom is 0.393 e. The van der Waals surface area contributed by atoms with Crippen molar-refractivity contribution >= 4 is 22.8 Å². The van der Waals surface area contributed by atoms with Crippen LogP contribution in [0.2, 0.25) is 0 Å². The van der Waals surface area contributed by atoms with Crippen LogP contribution in [0.1, 0.15) is 30.4 Å². The number of carbonyl (C=O) groups excluding carboxylic acids is 1. The van der Waals surface area contributed by atoms with Gasteiger partial charge in [0, 0.05) is 48.0 Å². The minimum atomic E-state index is -4.28. The van der Waals surface area contributed by atoms with Gasteiger partial charge in [0.1, 0.15) is 5.82 Å². The van der Waals surface area contributed by atoms with Crippen molar-refractivity contribution in [1.29, 1.82) is 0 Å². The summed E-state index contributed by atoms with van der Waals surface area (Å²) in [6.45, 7) is 5.60. The number of urea groups is 1. The first-order chi connectivity index (χ1) is 15.2. The highest BCUT2D eigenvalue weighted by molar-refractivity contribution is 5.91. The fourth-order valence-corrected chi connectivity index (χ4v) is 3.94. The molecular weight excluding hydrogens is 419 g/mol. The Labute approximate surface area is 183 Å². The van der Waals surface area contributed by atoms with Gasteiger partial charge in [-0.25, -0.2) is 19.7 Å². The summed E-state index contributed by atoms with van der Waals surface area (Å²) < 4.78 is 38.8.